The second-order valence-electron chi connectivity index (χ2n) is 3.76. The zero-order valence-electron chi connectivity index (χ0n) is 9.19. The third-order valence-corrected chi connectivity index (χ3v) is 4.13. The summed E-state index contributed by atoms with van der Waals surface area (Å²) in [6, 6.07) is 4.93. The zero-order valence-corrected chi connectivity index (χ0v) is 10.0. The van der Waals surface area contributed by atoms with Gasteiger partial charge < -0.3 is 5.73 Å². The number of halogens is 1. The predicted octanol–water partition coefficient (Wildman–Crippen LogP) is 1.73. The molecule has 1 aromatic rings. The van der Waals surface area contributed by atoms with Crippen LogP contribution in [0, 0.1) is 5.82 Å². The van der Waals surface area contributed by atoms with Crippen LogP contribution in [0.1, 0.15) is 19.8 Å². The first-order chi connectivity index (χ1) is 7.47. The second-order valence-corrected chi connectivity index (χ2v) is 5.76. The number of rotatable bonds is 5. The first-order valence-corrected chi connectivity index (χ1v) is 6.85. The van der Waals surface area contributed by atoms with Crippen LogP contribution in [0.25, 0.3) is 0 Å². The van der Waals surface area contributed by atoms with E-state index in [0.29, 0.717) is 6.42 Å². The van der Waals surface area contributed by atoms with Crippen LogP contribution < -0.4 is 5.73 Å². The SMILES string of the molecule is CCCC(N)CS(=O)(=O)c1ccccc1F. The van der Waals surface area contributed by atoms with Crippen molar-refractivity contribution in [3.8, 4) is 0 Å². The Balaban J connectivity index is 2.91. The summed E-state index contributed by atoms with van der Waals surface area (Å²) in [6.45, 7) is 1.93. The van der Waals surface area contributed by atoms with Crippen LogP contribution in [0.5, 0.6) is 0 Å². The minimum absolute atomic E-state index is 0.207. The molecule has 1 atom stereocenters. The highest BCUT2D eigenvalue weighted by Crippen LogP contribution is 2.16. The fraction of sp³-hybridized carbons (Fsp3) is 0.455. The summed E-state index contributed by atoms with van der Waals surface area (Å²) in [5, 5.41) is 0. The lowest BCUT2D eigenvalue weighted by atomic mass is 10.2. The molecule has 1 rings (SSSR count). The first kappa shape index (κ1) is 13.1. The van der Waals surface area contributed by atoms with Gasteiger partial charge in [0.15, 0.2) is 9.84 Å². The van der Waals surface area contributed by atoms with Crippen LogP contribution in [0.15, 0.2) is 29.2 Å². The highest BCUT2D eigenvalue weighted by atomic mass is 32.2. The maximum Gasteiger partial charge on any atom is 0.182 e. The predicted molar refractivity (Wildman–Crippen MR) is 61.3 cm³/mol. The Morgan fingerprint density at radius 1 is 1.38 bits per heavy atom. The van der Waals surface area contributed by atoms with Gasteiger partial charge in [0.2, 0.25) is 0 Å². The van der Waals surface area contributed by atoms with Gasteiger partial charge in [-0.1, -0.05) is 25.5 Å². The molecular weight excluding hydrogens is 229 g/mol. The topological polar surface area (TPSA) is 60.2 Å². The van der Waals surface area contributed by atoms with E-state index in [0.717, 1.165) is 12.5 Å². The van der Waals surface area contributed by atoms with E-state index in [1.54, 1.807) is 0 Å². The van der Waals surface area contributed by atoms with E-state index in [-0.39, 0.29) is 10.6 Å². The lowest BCUT2D eigenvalue weighted by Gasteiger charge is -2.11. The van der Waals surface area contributed by atoms with Gasteiger partial charge in [0, 0.05) is 6.04 Å². The molecule has 0 radical (unpaired) electrons. The van der Waals surface area contributed by atoms with Crippen molar-refractivity contribution in [1.29, 1.82) is 0 Å². The van der Waals surface area contributed by atoms with Crippen LogP contribution in [0.3, 0.4) is 0 Å². The van der Waals surface area contributed by atoms with E-state index in [4.69, 9.17) is 5.73 Å². The van der Waals surface area contributed by atoms with Gasteiger partial charge in [-0.3, -0.25) is 0 Å². The Morgan fingerprint density at radius 3 is 2.56 bits per heavy atom. The normalized spacial score (nSPS) is 13.7. The summed E-state index contributed by atoms with van der Waals surface area (Å²) in [7, 11) is -3.61. The molecule has 0 saturated carbocycles. The average Bonchev–Trinajstić information content (AvgIpc) is 2.17. The molecule has 0 bridgehead atoms. The van der Waals surface area contributed by atoms with Gasteiger partial charge in [0.25, 0.3) is 0 Å². The van der Waals surface area contributed by atoms with Crippen molar-refractivity contribution in [2.75, 3.05) is 5.75 Å². The fourth-order valence-corrected chi connectivity index (χ4v) is 3.08. The van der Waals surface area contributed by atoms with Gasteiger partial charge in [0.1, 0.15) is 10.7 Å². The molecule has 3 nitrogen and oxygen atoms in total. The smallest absolute Gasteiger partial charge is 0.182 e. The molecule has 0 amide bonds. The molecule has 0 fully saturated rings. The summed E-state index contributed by atoms with van der Waals surface area (Å²) in [5.41, 5.74) is 5.66. The molecule has 16 heavy (non-hydrogen) atoms. The van der Waals surface area contributed by atoms with E-state index in [9.17, 15) is 12.8 Å². The lowest BCUT2D eigenvalue weighted by Crippen LogP contribution is -2.29. The summed E-state index contributed by atoms with van der Waals surface area (Å²) < 4.78 is 36.9. The van der Waals surface area contributed by atoms with Crippen LogP contribution in [-0.2, 0) is 9.84 Å². The third kappa shape index (κ3) is 3.28. The van der Waals surface area contributed by atoms with Crippen molar-refractivity contribution < 1.29 is 12.8 Å². The molecule has 0 heterocycles. The Labute approximate surface area is 95.4 Å². The summed E-state index contributed by atoms with van der Waals surface area (Å²) >= 11 is 0. The maximum atomic E-state index is 13.3. The van der Waals surface area contributed by atoms with Crippen LogP contribution in [0.2, 0.25) is 0 Å². The van der Waals surface area contributed by atoms with Crippen molar-refractivity contribution in [2.45, 2.75) is 30.7 Å². The van der Waals surface area contributed by atoms with Gasteiger partial charge in [-0.25, -0.2) is 12.8 Å². The monoisotopic (exact) mass is 245 g/mol. The van der Waals surface area contributed by atoms with Gasteiger partial charge in [-0.05, 0) is 18.6 Å². The van der Waals surface area contributed by atoms with Crippen LogP contribution in [0.4, 0.5) is 4.39 Å². The molecular formula is C11H16FNO2S. The van der Waals surface area contributed by atoms with Crippen LogP contribution in [-0.4, -0.2) is 20.2 Å². The quantitative estimate of drug-likeness (QED) is 0.859. The van der Waals surface area contributed by atoms with Crippen molar-refractivity contribution in [2.24, 2.45) is 5.73 Å². The van der Waals surface area contributed by atoms with E-state index < -0.39 is 21.7 Å². The van der Waals surface area contributed by atoms with E-state index in [1.807, 2.05) is 6.92 Å². The summed E-state index contributed by atoms with van der Waals surface area (Å²) in [4.78, 5) is -0.262. The number of benzene rings is 1. The molecule has 0 aliphatic rings. The Morgan fingerprint density at radius 2 is 2.00 bits per heavy atom. The standard InChI is InChI=1S/C11H16FNO2S/c1-2-5-9(13)8-16(14,15)11-7-4-3-6-10(11)12/h3-4,6-7,9H,2,5,8,13H2,1H3. The van der Waals surface area contributed by atoms with Crippen molar-refractivity contribution in [3.63, 3.8) is 0 Å². The Bertz CT molecular complexity index is 445. The highest BCUT2D eigenvalue weighted by Gasteiger charge is 2.21. The minimum atomic E-state index is -3.61. The number of sulfone groups is 1. The minimum Gasteiger partial charge on any atom is -0.327 e. The molecule has 0 aliphatic heterocycles. The van der Waals surface area contributed by atoms with Gasteiger partial charge >= 0.3 is 0 Å². The molecule has 1 unspecified atom stereocenters. The molecule has 0 saturated heterocycles. The lowest BCUT2D eigenvalue weighted by molar-refractivity contribution is 0.556. The van der Waals surface area contributed by atoms with Gasteiger partial charge in [-0.15, -0.1) is 0 Å². The summed E-state index contributed by atoms with van der Waals surface area (Å²) in [6.07, 6.45) is 1.43. The molecule has 2 N–H and O–H groups in total. The van der Waals surface area contributed by atoms with Gasteiger partial charge in [-0.2, -0.15) is 0 Å². The van der Waals surface area contributed by atoms with Crippen molar-refractivity contribution in [1.82, 2.24) is 0 Å². The molecule has 0 aliphatic carbocycles. The van der Waals surface area contributed by atoms with E-state index >= 15 is 0 Å². The summed E-state index contributed by atoms with van der Waals surface area (Å²) in [5.74, 6) is -0.923. The fourth-order valence-electron chi connectivity index (χ4n) is 1.52. The number of hydrogen-bond acceptors (Lipinski definition) is 3. The van der Waals surface area contributed by atoms with Crippen molar-refractivity contribution in [3.05, 3.63) is 30.1 Å². The molecule has 0 spiro atoms. The van der Waals surface area contributed by atoms with Crippen molar-refractivity contribution >= 4 is 9.84 Å². The Hall–Kier alpha value is -0.940. The zero-order chi connectivity index (χ0) is 12.2. The molecule has 90 valence electrons. The maximum absolute atomic E-state index is 13.3. The number of hydrogen-bond donors (Lipinski definition) is 1. The second kappa shape index (κ2) is 5.41. The first-order valence-electron chi connectivity index (χ1n) is 5.20. The molecule has 1 aromatic carbocycles. The highest BCUT2D eigenvalue weighted by molar-refractivity contribution is 7.91. The van der Waals surface area contributed by atoms with E-state index in [2.05, 4.69) is 0 Å². The van der Waals surface area contributed by atoms with Gasteiger partial charge in [0.05, 0.1) is 5.75 Å². The third-order valence-electron chi connectivity index (χ3n) is 2.26. The molecule has 0 aromatic heterocycles. The average molecular weight is 245 g/mol. The van der Waals surface area contributed by atoms with Crippen LogP contribution >= 0.6 is 0 Å². The largest absolute Gasteiger partial charge is 0.327 e. The Kier molecular flexibility index (Phi) is 4.44. The number of nitrogens with two attached hydrogens (primary N) is 1. The molecule has 5 heteroatoms. The van der Waals surface area contributed by atoms with E-state index in [1.165, 1.54) is 18.2 Å².